The van der Waals surface area contributed by atoms with Gasteiger partial charge in [0, 0.05) is 17.6 Å². The molecule has 34 heavy (non-hydrogen) atoms. The van der Waals surface area contributed by atoms with Crippen molar-refractivity contribution in [2.75, 3.05) is 14.2 Å². The highest BCUT2D eigenvalue weighted by Crippen LogP contribution is 2.43. The molecule has 0 spiro atoms. The number of fused-ring (bicyclic) bond motifs is 1. The van der Waals surface area contributed by atoms with Crippen LogP contribution in [0.4, 0.5) is 0 Å². The van der Waals surface area contributed by atoms with Crippen molar-refractivity contribution in [2.45, 2.75) is 63.6 Å². The molecule has 1 aliphatic carbocycles. The van der Waals surface area contributed by atoms with Crippen molar-refractivity contribution in [3.05, 3.63) is 58.7 Å². The Kier molecular flexibility index (Phi) is 7.12. The number of amides is 2. The second-order valence-electron chi connectivity index (χ2n) is 9.04. The third kappa shape index (κ3) is 4.75. The summed E-state index contributed by atoms with van der Waals surface area (Å²) >= 11 is 0. The summed E-state index contributed by atoms with van der Waals surface area (Å²) in [6, 6.07) is 11.3. The molecular formula is C28H32N2O4. The lowest BCUT2D eigenvalue weighted by Crippen LogP contribution is -2.47. The molecule has 0 saturated heterocycles. The molecule has 0 aromatic heterocycles. The lowest BCUT2D eigenvalue weighted by atomic mass is 9.82. The standard InChI is InChI=1S/C28H32N2O4/c1-5-7-8-22-15-20-16-24(33-3)25(34-4)17-23(20)27(30(22)26(31)6-2)18-9-11-19(12-10-18)28(32)29-21-13-14-21/h2,9-12,16-17,21-22,27H,5,7-8,13-15H2,1,3-4H3,(H,29,32)/t22-,27-/m0/s1. The summed E-state index contributed by atoms with van der Waals surface area (Å²) in [5.74, 6) is 3.22. The molecule has 1 saturated carbocycles. The highest BCUT2D eigenvalue weighted by atomic mass is 16.5. The maximum atomic E-state index is 13.1. The molecular weight excluding hydrogens is 428 g/mol. The van der Waals surface area contributed by atoms with E-state index in [9.17, 15) is 9.59 Å². The first-order chi connectivity index (χ1) is 16.5. The predicted molar refractivity (Wildman–Crippen MR) is 131 cm³/mol. The van der Waals surface area contributed by atoms with Crippen LogP contribution < -0.4 is 14.8 Å². The van der Waals surface area contributed by atoms with Crippen LogP contribution in [0.25, 0.3) is 0 Å². The maximum Gasteiger partial charge on any atom is 0.299 e. The smallest absolute Gasteiger partial charge is 0.299 e. The topological polar surface area (TPSA) is 67.9 Å². The van der Waals surface area contributed by atoms with Gasteiger partial charge in [0.1, 0.15) is 0 Å². The fraction of sp³-hybridized carbons (Fsp3) is 0.429. The summed E-state index contributed by atoms with van der Waals surface area (Å²) in [6.45, 7) is 2.14. The van der Waals surface area contributed by atoms with E-state index in [4.69, 9.17) is 15.9 Å². The zero-order valence-electron chi connectivity index (χ0n) is 20.1. The lowest BCUT2D eigenvalue weighted by molar-refractivity contribution is -0.130. The molecule has 2 atom stereocenters. The minimum atomic E-state index is -0.380. The number of hydrogen-bond donors (Lipinski definition) is 1. The Morgan fingerprint density at radius 2 is 1.79 bits per heavy atom. The summed E-state index contributed by atoms with van der Waals surface area (Å²) in [5.41, 5.74) is 3.59. The van der Waals surface area contributed by atoms with Gasteiger partial charge in [-0.05, 0) is 72.6 Å². The van der Waals surface area contributed by atoms with E-state index in [1.807, 2.05) is 41.3 Å². The van der Waals surface area contributed by atoms with E-state index in [-0.39, 0.29) is 23.9 Å². The normalized spacial score (nSPS) is 19.1. The highest BCUT2D eigenvalue weighted by Gasteiger charge is 2.38. The number of nitrogens with one attached hydrogen (secondary N) is 1. The molecule has 1 aliphatic heterocycles. The first kappa shape index (κ1) is 23.7. The third-order valence-electron chi connectivity index (χ3n) is 6.72. The van der Waals surface area contributed by atoms with E-state index < -0.39 is 0 Å². The van der Waals surface area contributed by atoms with Crippen molar-refractivity contribution in [3.8, 4) is 23.8 Å². The Morgan fingerprint density at radius 3 is 2.38 bits per heavy atom. The van der Waals surface area contributed by atoms with Gasteiger partial charge in [0.15, 0.2) is 11.5 Å². The summed E-state index contributed by atoms with van der Waals surface area (Å²) in [6.07, 6.45) is 11.3. The van der Waals surface area contributed by atoms with Gasteiger partial charge < -0.3 is 19.7 Å². The Hall–Kier alpha value is -3.46. The van der Waals surface area contributed by atoms with Gasteiger partial charge in [-0.3, -0.25) is 9.59 Å². The fourth-order valence-electron chi connectivity index (χ4n) is 4.77. The maximum absolute atomic E-state index is 13.1. The second kappa shape index (κ2) is 10.2. The third-order valence-corrected chi connectivity index (χ3v) is 6.72. The number of carbonyl (C=O) groups is 2. The number of carbonyl (C=O) groups excluding carboxylic acids is 2. The molecule has 6 nitrogen and oxygen atoms in total. The molecule has 2 aliphatic rings. The monoisotopic (exact) mass is 460 g/mol. The largest absolute Gasteiger partial charge is 0.493 e. The molecule has 0 bridgehead atoms. The van der Waals surface area contributed by atoms with Crippen LogP contribution in [0.2, 0.25) is 0 Å². The van der Waals surface area contributed by atoms with E-state index in [1.54, 1.807) is 14.2 Å². The van der Waals surface area contributed by atoms with Gasteiger partial charge in [0.2, 0.25) is 0 Å². The molecule has 1 N–H and O–H groups in total. The first-order valence-electron chi connectivity index (χ1n) is 11.9. The Bertz CT molecular complexity index is 1100. The Labute approximate surface area is 201 Å². The number of unbranched alkanes of at least 4 members (excludes halogenated alkanes) is 1. The zero-order chi connectivity index (χ0) is 24.2. The van der Waals surface area contributed by atoms with Crippen molar-refractivity contribution < 1.29 is 19.1 Å². The van der Waals surface area contributed by atoms with Crippen molar-refractivity contribution in [1.82, 2.24) is 10.2 Å². The lowest BCUT2D eigenvalue weighted by Gasteiger charge is -2.43. The van der Waals surface area contributed by atoms with Crippen molar-refractivity contribution in [2.24, 2.45) is 0 Å². The summed E-state index contributed by atoms with van der Waals surface area (Å²) in [5, 5.41) is 3.02. The number of terminal acetylenes is 1. The molecule has 0 radical (unpaired) electrons. The van der Waals surface area contributed by atoms with Gasteiger partial charge in [-0.25, -0.2) is 0 Å². The molecule has 2 aromatic rings. The molecule has 4 rings (SSSR count). The molecule has 0 unspecified atom stereocenters. The average Bonchev–Trinajstić information content (AvgIpc) is 3.69. The number of benzene rings is 2. The molecule has 1 heterocycles. The van der Waals surface area contributed by atoms with Crippen LogP contribution >= 0.6 is 0 Å². The van der Waals surface area contributed by atoms with Crippen molar-refractivity contribution in [3.63, 3.8) is 0 Å². The zero-order valence-corrected chi connectivity index (χ0v) is 20.1. The summed E-state index contributed by atoms with van der Waals surface area (Å²) in [7, 11) is 3.22. The van der Waals surface area contributed by atoms with Crippen LogP contribution in [0, 0.1) is 12.3 Å². The molecule has 2 amide bonds. The molecule has 2 aromatic carbocycles. The van der Waals surface area contributed by atoms with E-state index in [2.05, 4.69) is 18.2 Å². The Balaban J connectivity index is 1.79. The van der Waals surface area contributed by atoms with Crippen LogP contribution in [0.3, 0.4) is 0 Å². The van der Waals surface area contributed by atoms with Crippen molar-refractivity contribution in [1.29, 1.82) is 0 Å². The van der Waals surface area contributed by atoms with E-state index in [0.717, 1.165) is 48.8 Å². The molecule has 1 fully saturated rings. The van der Waals surface area contributed by atoms with E-state index >= 15 is 0 Å². The van der Waals surface area contributed by atoms with E-state index in [0.29, 0.717) is 29.5 Å². The van der Waals surface area contributed by atoms with Gasteiger partial charge in [-0.2, -0.15) is 0 Å². The van der Waals surface area contributed by atoms with Crippen LogP contribution in [-0.2, 0) is 11.2 Å². The van der Waals surface area contributed by atoms with Crippen LogP contribution in [-0.4, -0.2) is 43.0 Å². The predicted octanol–water partition coefficient (Wildman–Crippen LogP) is 4.26. The fourth-order valence-corrected chi connectivity index (χ4v) is 4.77. The van der Waals surface area contributed by atoms with Gasteiger partial charge >= 0.3 is 0 Å². The van der Waals surface area contributed by atoms with Crippen LogP contribution in [0.1, 0.15) is 72.1 Å². The number of hydrogen-bond acceptors (Lipinski definition) is 4. The SMILES string of the molecule is C#CC(=O)N1[C@@H](CCCC)Cc2cc(OC)c(OC)cc2[C@@H]1c1ccc(C(=O)NC2CC2)cc1. The second-order valence-corrected chi connectivity index (χ2v) is 9.04. The average molecular weight is 461 g/mol. The van der Waals surface area contributed by atoms with E-state index in [1.165, 1.54) is 0 Å². The van der Waals surface area contributed by atoms with Crippen molar-refractivity contribution >= 4 is 11.8 Å². The number of nitrogens with zero attached hydrogens (tertiary/aromatic N) is 1. The number of ether oxygens (including phenoxy) is 2. The van der Waals surface area contributed by atoms with Gasteiger partial charge in [-0.1, -0.05) is 31.9 Å². The minimum absolute atomic E-state index is 0.0306. The summed E-state index contributed by atoms with van der Waals surface area (Å²) < 4.78 is 11.1. The summed E-state index contributed by atoms with van der Waals surface area (Å²) in [4.78, 5) is 27.4. The number of rotatable bonds is 8. The molecule has 178 valence electrons. The van der Waals surface area contributed by atoms with Gasteiger partial charge in [0.05, 0.1) is 20.3 Å². The minimum Gasteiger partial charge on any atom is -0.493 e. The number of methoxy groups -OCH3 is 2. The Morgan fingerprint density at radius 1 is 1.12 bits per heavy atom. The van der Waals surface area contributed by atoms with Crippen LogP contribution in [0.5, 0.6) is 11.5 Å². The van der Waals surface area contributed by atoms with Gasteiger partial charge in [-0.15, -0.1) is 6.42 Å². The molecule has 6 heteroatoms. The highest BCUT2D eigenvalue weighted by molar-refractivity contribution is 5.95. The first-order valence-corrected chi connectivity index (χ1v) is 11.9. The van der Waals surface area contributed by atoms with Crippen LogP contribution in [0.15, 0.2) is 36.4 Å². The van der Waals surface area contributed by atoms with Gasteiger partial charge in [0.25, 0.3) is 11.8 Å². The quantitative estimate of drug-likeness (QED) is 0.598.